The molecule has 0 aromatic heterocycles. The third kappa shape index (κ3) is 4.68. The number of benzene rings is 2. The minimum Gasteiger partial charge on any atom is -0.482 e. The van der Waals surface area contributed by atoms with Crippen LogP contribution in [0.5, 0.6) is 5.75 Å². The van der Waals surface area contributed by atoms with Crippen LogP contribution in [0.15, 0.2) is 42.5 Å². The number of hydrogen-bond acceptors (Lipinski definition) is 6. The summed E-state index contributed by atoms with van der Waals surface area (Å²) in [6, 6.07) is 11.4. The maximum Gasteiger partial charge on any atom is 0.344 e. The van der Waals surface area contributed by atoms with Gasteiger partial charge in [-0.25, -0.2) is 4.79 Å². The molecule has 7 heteroatoms. The summed E-state index contributed by atoms with van der Waals surface area (Å²) in [5, 5.41) is 2.74. The maximum absolute atomic E-state index is 12.3. The predicted molar refractivity (Wildman–Crippen MR) is 105 cm³/mol. The van der Waals surface area contributed by atoms with Crippen molar-refractivity contribution in [3.8, 4) is 5.75 Å². The van der Waals surface area contributed by atoms with E-state index in [1.165, 1.54) is 0 Å². The predicted octanol–water partition coefficient (Wildman–Crippen LogP) is 3.14. The van der Waals surface area contributed by atoms with Crippen LogP contribution in [0.3, 0.4) is 0 Å². The molecule has 1 amide bonds. The molecule has 0 radical (unpaired) electrons. The van der Waals surface area contributed by atoms with Crippen LogP contribution < -0.4 is 10.1 Å². The lowest BCUT2D eigenvalue weighted by atomic mass is 9.99. The van der Waals surface area contributed by atoms with Crippen molar-refractivity contribution in [3.05, 3.63) is 59.2 Å². The third-order valence-corrected chi connectivity index (χ3v) is 4.71. The minimum atomic E-state index is -0.682. The van der Waals surface area contributed by atoms with Gasteiger partial charge in [-0.3, -0.25) is 14.4 Å². The number of esters is 1. The smallest absolute Gasteiger partial charge is 0.344 e. The van der Waals surface area contributed by atoms with E-state index in [0.29, 0.717) is 29.0 Å². The maximum atomic E-state index is 12.3. The Morgan fingerprint density at radius 2 is 1.66 bits per heavy atom. The Bertz CT molecular complexity index is 964. The fourth-order valence-electron chi connectivity index (χ4n) is 2.94. The monoisotopic (exact) mass is 395 g/mol. The fraction of sp³-hybridized carbons (Fsp3) is 0.273. The molecule has 0 bridgehead atoms. The summed E-state index contributed by atoms with van der Waals surface area (Å²) in [7, 11) is 0. The van der Waals surface area contributed by atoms with Crippen LogP contribution in [0.1, 0.15) is 52.5 Å². The van der Waals surface area contributed by atoms with Gasteiger partial charge in [-0.1, -0.05) is 6.92 Å². The molecule has 7 nitrogen and oxygen atoms in total. The first kappa shape index (κ1) is 20.3. The van der Waals surface area contributed by atoms with Gasteiger partial charge in [-0.15, -0.1) is 0 Å². The largest absolute Gasteiger partial charge is 0.482 e. The molecule has 3 rings (SSSR count). The summed E-state index contributed by atoms with van der Waals surface area (Å²) < 4.78 is 10.3. The zero-order chi connectivity index (χ0) is 21.0. The molecule has 1 atom stereocenters. The molecule has 29 heavy (non-hydrogen) atoms. The molecular weight excluding hydrogens is 374 g/mol. The van der Waals surface area contributed by atoms with E-state index in [2.05, 4.69) is 5.32 Å². The number of fused-ring (bicyclic) bond motifs is 1. The van der Waals surface area contributed by atoms with Crippen molar-refractivity contribution in [3.63, 3.8) is 0 Å². The number of anilines is 1. The van der Waals surface area contributed by atoms with E-state index < -0.39 is 12.6 Å². The van der Waals surface area contributed by atoms with E-state index in [4.69, 9.17) is 9.47 Å². The number of Topliss-reactive ketones (excluding diaryl/α,β-unsaturated/α-hetero) is 2. The minimum absolute atomic E-state index is 0.0237. The Hall–Kier alpha value is -3.48. The Balaban J connectivity index is 1.49. The number of amides is 1. The van der Waals surface area contributed by atoms with Crippen molar-refractivity contribution in [1.29, 1.82) is 0 Å². The highest BCUT2D eigenvalue weighted by molar-refractivity contribution is 6.05. The molecule has 1 heterocycles. The summed E-state index contributed by atoms with van der Waals surface area (Å²) in [5.74, 6) is -1.04. The summed E-state index contributed by atoms with van der Waals surface area (Å²) >= 11 is 0. The lowest BCUT2D eigenvalue weighted by Crippen LogP contribution is -2.19. The van der Waals surface area contributed by atoms with E-state index in [0.717, 1.165) is 5.56 Å². The summed E-state index contributed by atoms with van der Waals surface area (Å²) in [5.41, 5.74) is 2.39. The van der Waals surface area contributed by atoms with Gasteiger partial charge in [0.15, 0.2) is 24.8 Å². The van der Waals surface area contributed by atoms with Crippen molar-refractivity contribution in [2.45, 2.75) is 26.2 Å². The van der Waals surface area contributed by atoms with Gasteiger partial charge in [0, 0.05) is 23.2 Å². The molecule has 0 fully saturated rings. The SMILES string of the molecule is CCC(=O)c1ccc(OCC(=O)OCC(=O)c2ccc3c(c2)[C@@H](C)C(=O)N3)cc1. The van der Waals surface area contributed by atoms with Gasteiger partial charge in [0.05, 0.1) is 5.92 Å². The number of rotatable bonds is 8. The molecule has 150 valence electrons. The zero-order valence-corrected chi connectivity index (χ0v) is 16.2. The van der Waals surface area contributed by atoms with Crippen LogP contribution in [-0.2, 0) is 14.3 Å². The van der Waals surface area contributed by atoms with Crippen molar-refractivity contribution in [2.75, 3.05) is 18.5 Å². The lowest BCUT2D eigenvalue weighted by Gasteiger charge is -2.08. The first-order chi connectivity index (χ1) is 13.9. The van der Waals surface area contributed by atoms with E-state index in [1.807, 2.05) is 0 Å². The number of ketones is 2. The summed E-state index contributed by atoms with van der Waals surface area (Å²) in [4.78, 5) is 47.4. The first-order valence-electron chi connectivity index (χ1n) is 9.28. The second-order valence-electron chi connectivity index (χ2n) is 6.69. The Morgan fingerprint density at radius 1 is 0.966 bits per heavy atom. The normalized spacial score (nSPS) is 14.7. The van der Waals surface area contributed by atoms with Crippen LogP contribution in [0.2, 0.25) is 0 Å². The Morgan fingerprint density at radius 3 is 2.34 bits per heavy atom. The lowest BCUT2D eigenvalue weighted by molar-refractivity contribution is -0.144. The van der Waals surface area contributed by atoms with Gasteiger partial charge < -0.3 is 14.8 Å². The van der Waals surface area contributed by atoms with Crippen molar-refractivity contribution in [2.24, 2.45) is 0 Å². The molecule has 0 unspecified atom stereocenters. The van der Waals surface area contributed by atoms with Gasteiger partial charge in [-0.2, -0.15) is 0 Å². The van der Waals surface area contributed by atoms with Gasteiger partial charge in [-0.05, 0) is 55.0 Å². The van der Waals surface area contributed by atoms with Crippen molar-refractivity contribution in [1.82, 2.24) is 0 Å². The second kappa shape index (κ2) is 8.68. The topological polar surface area (TPSA) is 98.8 Å². The van der Waals surface area contributed by atoms with Crippen LogP contribution in [-0.4, -0.2) is 36.7 Å². The highest BCUT2D eigenvalue weighted by Gasteiger charge is 2.27. The van der Waals surface area contributed by atoms with Crippen molar-refractivity contribution >= 4 is 29.1 Å². The van der Waals surface area contributed by atoms with Gasteiger partial charge in [0.2, 0.25) is 5.91 Å². The summed E-state index contributed by atoms with van der Waals surface area (Å²) in [6.45, 7) is 2.77. The van der Waals surface area contributed by atoms with Gasteiger partial charge in [0.1, 0.15) is 5.75 Å². The van der Waals surface area contributed by atoms with Crippen LogP contribution in [0, 0.1) is 0 Å². The number of hydrogen-bond donors (Lipinski definition) is 1. The van der Waals surface area contributed by atoms with Crippen LogP contribution in [0.4, 0.5) is 5.69 Å². The van der Waals surface area contributed by atoms with Gasteiger partial charge in [0.25, 0.3) is 0 Å². The number of ether oxygens (including phenoxy) is 2. The number of nitrogens with one attached hydrogen (secondary N) is 1. The summed E-state index contributed by atoms with van der Waals surface area (Å²) in [6.07, 6.45) is 0.413. The van der Waals surface area contributed by atoms with Crippen LogP contribution >= 0.6 is 0 Å². The molecule has 1 aliphatic rings. The number of carbonyl (C=O) groups excluding carboxylic acids is 4. The molecular formula is C22H21NO6. The highest BCUT2D eigenvalue weighted by Crippen LogP contribution is 2.32. The molecule has 2 aromatic rings. The van der Waals surface area contributed by atoms with E-state index in [1.54, 1.807) is 56.3 Å². The van der Waals surface area contributed by atoms with Crippen molar-refractivity contribution < 1.29 is 28.7 Å². The second-order valence-corrected chi connectivity index (χ2v) is 6.69. The quantitative estimate of drug-likeness (QED) is 0.545. The van der Waals surface area contributed by atoms with E-state index in [-0.39, 0.29) is 30.0 Å². The highest BCUT2D eigenvalue weighted by atomic mass is 16.6. The molecule has 0 aliphatic carbocycles. The van der Waals surface area contributed by atoms with Gasteiger partial charge >= 0.3 is 5.97 Å². The molecule has 2 aromatic carbocycles. The first-order valence-corrected chi connectivity index (χ1v) is 9.28. The molecule has 1 N–H and O–H groups in total. The van der Waals surface area contributed by atoms with E-state index in [9.17, 15) is 19.2 Å². The van der Waals surface area contributed by atoms with Crippen LogP contribution in [0.25, 0.3) is 0 Å². The standard InChI is InChI=1S/C22H21NO6/c1-3-19(24)14-4-7-16(8-5-14)28-12-21(26)29-11-20(25)15-6-9-18-17(10-15)13(2)22(27)23-18/h4-10,13H,3,11-12H2,1-2H3,(H,23,27)/t13-/m1/s1. The molecule has 1 aliphatic heterocycles. The average Bonchev–Trinajstić information content (AvgIpc) is 3.03. The third-order valence-electron chi connectivity index (χ3n) is 4.71. The zero-order valence-electron chi connectivity index (χ0n) is 16.2. The molecule has 0 saturated carbocycles. The Kier molecular flexibility index (Phi) is 6.07. The molecule has 0 spiro atoms. The number of carbonyl (C=O) groups is 4. The average molecular weight is 395 g/mol. The molecule has 0 saturated heterocycles. The Labute approximate surface area is 168 Å². The fourth-order valence-corrected chi connectivity index (χ4v) is 2.94. The van der Waals surface area contributed by atoms with E-state index >= 15 is 0 Å².